The Morgan fingerprint density at radius 2 is 1.64 bits per heavy atom. The molecule has 0 aliphatic heterocycles. The fraction of sp³-hybridized carbons (Fsp3) is 0.273. The van der Waals surface area contributed by atoms with E-state index in [9.17, 15) is 14.7 Å². The Kier molecular flexibility index (Phi) is 8.11. The lowest BCUT2D eigenvalue weighted by Crippen LogP contribution is -2.07. The summed E-state index contributed by atoms with van der Waals surface area (Å²) in [7, 11) is 0. The van der Waals surface area contributed by atoms with Gasteiger partial charge in [0.05, 0.1) is 13.0 Å². The highest BCUT2D eigenvalue weighted by Crippen LogP contribution is 2.30. The van der Waals surface area contributed by atoms with E-state index in [1.807, 2.05) is 65.4 Å². The summed E-state index contributed by atoms with van der Waals surface area (Å²) in [6.45, 7) is 1.22. The molecule has 6 heteroatoms. The summed E-state index contributed by atoms with van der Waals surface area (Å²) in [6.07, 6.45) is 9.63. The molecule has 0 unspecified atom stereocenters. The van der Waals surface area contributed by atoms with Crippen molar-refractivity contribution in [1.82, 2.24) is 4.57 Å². The van der Waals surface area contributed by atoms with E-state index < -0.39 is 11.9 Å². The minimum absolute atomic E-state index is 0.0715. The van der Waals surface area contributed by atoms with Crippen LogP contribution in [0.2, 0.25) is 0 Å². The zero-order valence-electron chi connectivity index (χ0n) is 21.9. The van der Waals surface area contributed by atoms with Crippen molar-refractivity contribution in [2.24, 2.45) is 5.92 Å². The number of nitrogens with zero attached hydrogens (tertiary/aromatic N) is 1. The van der Waals surface area contributed by atoms with Gasteiger partial charge in [0.15, 0.2) is 0 Å². The van der Waals surface area contributed by atoms with Gasteiger partial charge < -0.3 is 19.5 Å². The molecule has 0 radical (unpaired) electrons. The van der Waals surface area contributed by atoms with Crippen molar-refractivity contribution < 1.29 is 24.5 Å². The van der Waals surface area contributed by atoms with Gasteiger partial charge >= 0.3 is 11.9 Å². The SMILES string of the molecule is O=C(O)CCCn1cc(CC(=O)O)c2c(/C=C/c3ccc(OCCC4Cc5ccccc5C4)cc3)cccc21. The third-order valence-corrected chi connectivity index (χ3v) is 7.41. The Bertz CT molecular complexity index is 1470. The normalized spacial score (nSPS) is 13.2. The van der Waals surface area contributed by atoms with Crippen LogP contribution in [0.5, 0.6) is 5.75 Å². The number of carboxylic acid groups (broad SMARTS) is 2. The predicted octanol–water partition coefficient (Wildman–Crippen LogP) is 6.49. The van der Waals surface area contributed by atoms with Gasteiger partial charge in [-0.3, -0.25) is 9.59 Å². The maximum Gasteiger partial charge on any atom is 0.307 e. The van der Waals surface area contributed by atoms with Gasteiger partial charge in [0, 0.05) is 30.1 Å². The van der Waals surface area contributed by atoms with Crippen molar-refractivity contribution >= 4 is 35.0 Å². The van der Waals surface area contributed by atoms with Gasteiger partial charge in [0.1, 0.15) is 5.75 Å². The van der Waals surface area contributed by atoms with Gasteiger partial charge in [-0.15, -0.1) is 0 Å². The number of fused-ring (bicyclic) bond motifs is 2. The first-order valence-corrected chi connectivity index (χ1v) is 13.5. The summed E-state index contributed by atoms with van der Waals surface area (Å²) in [5.74, 6) is -0.235. The number of rotatable bonds is 12. The van der Waals surface area contributed by atoms with Crippen LogP contribution in [0.25, 0.3) is 23.1 Å². The second kappa shape index (κ2) is 12.0. The molecule has 0 saturated carbocycles. The maximum atomic E-state index is 11.5. The average Bonchev–Trinajstić information content (AvgIpc) is 3.49. The van der Waals surface area contributed by atoms with E-state index in [0.717, 1.165) is 52.6 Å². The number of carboxylic acids is 2. The van der Waals surface area contributed by atoms with E-state index in [4.69, 9.17) is 9.84 Å². The summed E-state index contributed by atoms with van der Waals surface area (Å²) in [6, 6.07) is 22.6. The molecule has 2 N–H and O–H groups in total. The van der Waals surface area contributed by atoms with E-state index >= 15 is 0 Å². The molecule has 3 aromatic carbocycles. The van der Waals surface area contributed by atoms with E-state index in [1.54, 1.807) is 0 Å². The van der Waals surface area contributed by atoms with E-state index in [1.165, 1.54) is 11.1 Å². The van der Waals surface area contributed by atoms with Gasteiger partial charge in [-0.2, -0.15) is 0 Å². The zero-order chi connectivity index (χ0) is 27.2. The van der Waals surface area contributed by atoms with Crippen LogP contribution in [0.4, 0.5) is 0 Å². The number of ether oxygens (including phenoxy) is 1. The second-order valence-electron chi connectivity index (χ2n) is 10.2. The van der Waals surface area contributed by atoms with Crippen LogP contribution in [0, 0.1) is 5.92 Å². The fourth-order valence-electron chi connectivity index (χ4n) is 5.55. The highest BCUT2D eigenvalue weighted by atomic mass is 16.5. The summed E-state index contributed by atoms with van der Waals surface area (Å²) >= 11 is 0. The third-order valence-electron chi connectivity index (χ3n) is 7.41. The lowest BCUT2D eigenvalue weighted by Gasteiger charge is -2.11. The molecule has 0 atom stereocenters. The minimum atomic E-state index is -0.897. The Hall–Kier alpha value is -4.32. The van der Waals surface area contributed by atoms with Crippen LogP contribution in [-0.2, 0) is 35.4 Å². The van der Waals surface area contributed by atoms with Crippen LogP contribution >= 0.6 is 0 Å². The van der Waals surface area contributed by atoms with Crippen LogP contribution < -0.4 is 4.74 Å². The third kappa shape index (κ3) is 6.58. The molecule has 4 aromatic rings. The van der Waals surface area contributed by atoms with Crippen LogP contribution in [0.3, 0.4) is 0 Å². The Morgan fingerprint density at radius 1 is 0.897 bits per heavy atom. The number of aliphatic carboxylic acids is 2. The summed E-state index contributed by atoms with van der Waals surface area (Å²) < 4.78 is 7.99. The number of aromatic nitrogens is 1. The molecule has 0 spiro atoms. The first kappa shape index (κ1) is 26.3. The molecule has 0 fully saturated rings. The molecule has 200 valence electrons. The monoisotopic (exact) mass is 523 g/mol. The Labute approximate surface area is 228 Å². The van der Waals surface area contributed by atoms with Gasteiger partial charge in [-0.05, 0) is 77.6 Å². The molecule has 1 aromatic heterocycles. The van der Waals surface area contributed by atoms with Crippen molar-refractivity contribution in [2.75, 3.05) is 6.61 Å². The van der Waals surface area contributed by atoms with Crippen molar-refractivity contribution in [1.29, 1.82) is 0 Å². The Morgan fingerprint density at radius 3 is 2.33 bits per heavy atom. The Balaban J connectivity index is 1.24. The molecule has 1 aliphatic carbocycles. The smallest absolute Gasteiger partial charge is 0.307 e. The molecule has 0 saturated heterocycles. The maximum absolute atomic E-state index is 11.5. The minimum Gasteiger partial charge on any atom is -0.494 e. The van der Waals surface area contributed by atoms with Crippen molar-refractivity contribution in [3.05, 3.63) is 101 Å². The molecular weight excluding hydrogens is 490 g/mol. The molecule has 5 rings (SSSR count). The van der Waals surface area contributed by atoms with Crippen molar-refractivity contribution in [3.8, 4) is 5.75 Å². The molecule has 1 aliphatic rings. The summed E-state index contributed by atoms with van der Waals surface area (Å²) in [5, 5.41) is 19.3. The van der Waals surface area contributed by atoms with Crippen LogP contribution in [0.15, 0.2) is 72.9 Å². The van der Waals surface area contributed by atoms with E-state index in [2.05, 4.69) is 24.3 Å². The zero-order valence-corrected chi connectivity index (χ0v) is 21.9. The quantitative estimate of drug-likeness (QED) is 0.207. The summed E-state index contributed by atoms with van der Waals surface area (Å²) in [5.41, 5.74) is 6.53. The van der Waals surface area contributed by atoms with Crippen LogP contribution in [-0.4, -0.2) is 33.3 Å². The number of benzene rings is 3. The van der Waals surface area contributed by atoms with E-state index in [0.29, 0.717) is 25.5 Å². The lowest BCUT2D eigenvalue weighted by molar-refractivity contribution is -0.137. The molecule has 6 nitrogen and oxygen atoms in total. The lowest BCUT2D eigenvalue weighted by atomic mass is 10.0. The average molecular weight is 524 g/mol. The highest BCUT2D eigenvalue weighted by Gasteiger charge is 2.20. The highest BCUT2D eigenvalue weighted by molar-refractivity contribution is 5.96. The first-order chi connectivity index (χ1) is 19.0. The van der Waals surface area contributed by atoms with Crippen molar-refractivity contribution in [2.45, 2.75) is 45.1 Å². The van der Waals surface area contributed by atoms with Crippen LogP contribution in [0.1, 0.15) is 47.1 Å². The largest absolute Gasteiger partial charge is 0.494 e. The number of carbonyl (C=O) groups is 2. The molecule has 1 heterocycles. The standard InChI is InChI=1S/C33H33NO5/c35-31(36)9-4-17-34-22-28(21-32(37)38)33-25(7-3-8-30(33)34)13-10-23-11-14-29(15-12-23)39-18-16-24-19-26-5-1-2-6-27(26)20-24/h1-3,5-8,10-15,22,24H,4,9,16-21H2,(H,35,36)(H,37,38)/b13-10+. The fourth-order valence-corrected chi connectivity index (χ4v) is 5.55. The number of aryl methyl sites for hydroxylation is 1. The topological polar surface area (TPSA) is 88.8 Å². The van der Waals surface area contributed by atoms with Crippen molar-refractivity contribution in [3.63, 3.8) is 0 Å². The second-order valence-corrected chi connectivity index (χ2v) is 10.2. The predicted molar refractivity (Wildman–Crippen MR) is 153 cm³/mol. The van der Waals surface area contributed by atoms with Gasteiger partial charge in [0.25, 0.3) is 0 Å². The van der Waals surface area contributed by atoms with E-state index in [-0.39, 0.29) is 12.8 Å². The van der Waals surface area contributed by atoms with Gasteiger partial charge in [0.2, 0.25) is 0 Å². The number of hydrogen-bond acceptors (Lipinski definition) is 3. The molecule has 39 heavy (non-hydrogen) atoms. The molecular formula is C33H33NO5. The molecule has 0 bridgehead atoms. The number of hydrogen-bond donors (Lipinski definition) is 2. The molecule has 0 amide bonds. The first-order valence-electron chi connectivity index (χ1n) is 13.5. The summed E-state index contributed by atoms with van der Waals surface area (Å²) in [4.78, 5) is 22.5. The van der Waals surface area contributed by atoms with Gasteiger partial charge in [-0.25, -0.2) is 0 Å². The van der Waals surface area contributed by atoms with Gasteiger partial charge in [-0.1, -0.05) is 60.7 Å².